The molecule has 0 heterocycles. The van der Waals surface area contributed by atoms with Gasteiger partial charge in [0.25, 0.3) is 0 Å². The maximum absolute atomic E-state index is 5.87. The summed E-state index contributed by atoms with van der Waals surface area (Å²) >= 11 is 1.88. The van der Waals surface area contributed by atoms with Gasteiger partial charge in [-0.1, -0.05) is 31.9 Å². The second kappa shape index (κ2) is 9.00. The molecule has 0 aromatic heterocycles. The van der Waals surface area contributed by atoms with Crippen LogP contribution in [0.2, 0.25) is 0 Å². The van der Waals surface area contributed by atoms with Crippen molar-refractivity contribution in [1.82, 2.24) is 4.72 Å². The molecule has 1 aromatic rings. The summed E-state index contributed by atoms with van der Waals surface area (Å²) in [5.74, 6) is 2.60. The first-order chi connectivity index (χ1) is 11.7. The molecular weight excluding hydrogens is 316 g/mol. The van der Waals surface area contributed by atoms with Gasteiger partial charge in [-0.2, -0.15) is 0 Å². The molecule has 2 fully saturated rings. The zero-order chi connectivity index (χ0) is 16.8. The van der Waals surface area contributed by atoms with E-state index in [-0.39, 0.29) is 0 Å². The predicted molar refractivity (Wildman–Crippen MR) is 105 cm³/mol. The van der Waals surface area contributed by atoms with Gasteiger partial charge in [-0.15, -0.1) is 0 Å². The van der Waals surface area contributed by atoms with Gasteiger partial charge in [0.1, 0.15) is 5.75 Å². The van der Waals surface area contributed by atoms with Crippen molar-refractivity contribution in [2.45, 2.75) is 63.7 Å². The van der Waals surface area contributed by atoms with E-state index in [1.54, 1.807) is 0 Å². The number of benzene rings is 1. The van der Waals surface area contributed by atoms with Gasteiger partial charge < -0.3 is 10.1 Å². The monoisotopic (exact) mass is 348 g/mol. The molecule has 1 aromatic carbocycles. The predicted octanol–water partition coefficient (Wildman–Crippen LogP) is 5.09. The molecule has 2 N–H and O–H groups in total. The first-order valence-electron chi connectivity index (χ1n) is 9.57. The van der Waals surface area contributed by atoms with Crippen LogP contribution >= 0.6 is 11.9 Å². The van der Waals surface area contributed by atoms with Crippen LogP contribution in [-0.2, 0) is 0 Å². The van der Waals surface area contributed by atoms with Crippen molar-refractivity contribution in [1.29, 1.82) is 0 Å². The highest BCUT2D eigenvalue weighted by atomic mass is 32.2. The van der Waals surface area contributed by atoms with E-state index >= 15 is 0 Å². The quantitative estimate of drug-likeness (QED) is 0.609. The number of hydrogen-bond donors (Lipinski definition) is 2. The van der Waals surface area contributed by atoms with Gasteiger partial charge in [-0.25, -0.2) is 0 Å². The van der Waals surface area contributed by atoms with Crippen LogP contribution in [0.1, 0.15) is 52.4 Å². The highest BCUT2D eigenvalue weighted by Gasteiger charge is 2.22. The van der Waals surface area contributed by atoms with E-state index in [0.29, 0.717) is 11.3 Å². The lowest BCUT2D eigenvalue weighted by molar-refractivity contribution is 0.300. The molecule has 0 saturated heterocycles. The minimum absolute atomic E-state index is 0.666. The fourth-order valence-electron chi connectivity index (χ4n) is 3.17. The highest BCUT2D eigenvalue weighted by Crippen LogP contribution is 2.30. The maximum Gasteiger partial charge on any atom is 0.121 e. The summed E-state index contributed by atoms with van der Waals surface area (Å²) in [4.78, 5) is 0. The summed E-state index contributed by atoms with van der Waals surface area (Å²) in [5.41, 5.74) is 1.19. The molecule has 0 bridgehead atoms. The normalized spacial score (nSPS) is 24.1. The van der Waals surface area contributed by atoms with Crippen molar-refractivity contribution in [2.24, 2.45) is 11.8 Å². The van der Waals surface area contributed by atoms with Crippen LogP contribution in [0.5, 0.6) is 5.75 Å². The number of rotatable bonds is 9. The summed E-state index contributed by atoms with van der Waals surface area (Å²) in [6.45, 7) is 6.45. The first kappa shape index (κ1) is 17.9. The van der Waals surface area contributed by atoms with Gasteiger partial charge in [-0.05, 0) is 62.5 Å². The Kier molecular flexibility index (Phi) is 6.73. The molecule has 24 heavy (non-hydrogen) atoms. The van der Waals surface area contributed by atoms with E-state index < -0.39 is 0 Å². The molecule has 134 valence electrons. The van der Waals surface area contributed by atoms with Gasteiger partial charge in [-0.3, -0.25) is 4.72 Å². The topological polar surface area (TPSA) is 33.3 Å². The van der Waals surface area contributed by atoms with Crippen LogP contribution in [0.25, 0.3) is 0 Å². The lowest BCUT2D eigenvalue weighted by Gasteiger charge is -2.29. The molecule has 2 saturated carbocycles. The van der Waals surface area contributed by atoms with E-state index in [0.717, 1.165) is 30.7 Å². The van der Waals surface area contributed by atoms with E-state index in [9.17, 15) is 0 Å². The standard InChI is InChI=1S/C20H32N2OS/c1-15(2)24-22-18-10-8-16(9-11-18)13-21-19-4-3-5-20(12-19)23-14-17-6-7-17/h3-5,12,15-18,21-22H,6-11,13-14H2,1-2H3. The van der Waals surface area contributed by atoms with E-state index in [4.69, 9.17) is 4.74 Å². The second-order valence-corrected chi connectivity index (χ2v) is 9.08. The van der Waals surface area contributed by atoms with E-state index in [1.807, 2.05) is 11.9 Å². The smallest absolute Gasteiger partial charge is 0.121 e. The second-order valence-electron chi connectivity index (χ2n) is 7.67. The Morgan fingerprint density at radius 3 is 2.54 bits per heavy atom. The van der Waals surface area contributed by atoms with E-state index in [2.05, 4.69) is 48.2 Å². The average molecular weight is 349 g/mol. The summed E-state index contributed by atoms with van der Waals surface area (Å²) in [6.07, 6.45) is 7.92. The molecule has 0 amide bonds. The average Bonchev–Trinajstić information content (AvgIpc) is 3.42. The molecule has 3 rings (SSSR count). The molecule has 2 aliphatic carbocycles. The van der Waals surface area contributed by atoms with Crippen LogP contribution in [0.15, 0.2) is 24.3 Å². The van der Waals surface area contributed by atoms with Crippen LogP contribution in [0.4, 0.5) is 5.69 Å². The van der Waals surface area contributed by atoms with Crippen molar-refractivity contribution in [3.63, 3.8) is 0 Å². The Labute approximate surface area is 151 Å². The molecule has 0 spiro atoms. The third-order valence-corrected chi connectivity index (χ3v) is 5.87. The van der Waals surface area contributed by atoms with Gasteiger partial charge in [0.2, 0.25) is 0 Å². The van der Waals surface area contributed by atoms with Crippen LogP contribution in [0, 0.1) is 11.8 Å². The van der Waals surface area contributed by atoms with Crippen molar-refractivity contribution < 1.29 is 4.74 Å². The van der Waals surface area contributed by atoms with Crippen LogP contribution in [0.3, 0.4) is 0 Å². The van der Waals surface area contributed by atoms with Crippen molar-refractivity contribution in [2.75, 3.05) is 18.5 Å². The number of hydrogen-bond acceptors (Lipinski definition) is 4. The molecule has 0 atom stereocenters. The Morgan fingerprint density at radius 2 is 1.83 bits per heavy atom. The van der Waals surface area contributed by atoms with Gasteiger partial charge in [0.15, 0.2) is 0 Å². The molecule has 0 unspecified atom stereocenters. The third-order valence-electron chi connectivity index (χ3n) is 4.93. The van der Waals surface area contributed by atoms with Crippen molar-refractivity contribution in [3.8, 4) is 5.75 Å². The first-order valence-corrected chi connectivity index (χ1v) is 10.4. The van der Waals surface area contributed by atoms with E-state index in [1.165, 1.54) is 44.2 Å². The molecule has 3 nitrogen and oxygen atoms in total. The van der Waals surface area contributed by atoms with Crippen molar-refractivity contribution >= 4 is 17.6 Å². The molecule has 0 radical (unpaired) electrons. The van der Waals surface area contributed by atoms with Gasteiger partial charge in [0.05, 0.1) is 6.61 Å². The SMILES string of the molecule is CC(C)SNC1CCC(CNc2cccc(OCC3CC3)c2)CC1. The van der Waals surface area contributed by atoms with Crippen LogP contribution < -0.4 is 14.8 Å². The fraction of sp³-hybridized carbons (Fsp3) is 0.700. The fourth-order valence-corrected chi connectivity index (χ4v) is 3.87. The largest absolute Gasteiger partial charge is 0.493 e. The zero-order valence-electron chi connectivity index (χ0n) is 15.1. The number of ether oxygens (including phenoxy) is 1. The number of anilines is 1. The lowest BCUT2D eigenvalue weighted by atomic mass is 9.86. The maximum atomic E-state index is 5.87. The molecule has 0 aliphatic heterocycles. The Bertz CT molecular complexity index is 496. The highest BCUT2D eigenvalue weighted by molar-refractivity contribution is 7.98. The Balaban J connectivity index is 1.36. The van der Waals surface area contributed by atoms with Crippen molar-refractivity contribution in [3.05, 3.63) is 24.3 Å². The zero-order valence-corrected chi connectivity index (χ0v) is 15.9. The lowest BCUT2D eigenvalue weighted by Crippen LogP contribution is -2.31. The molecule has 4 heteroatoms. The van der Waals surface area contributed by atoms with Gasteiger partial charge in [0, 0.05) is 29.6 Å². The summed E-state index contributed by atoms with van der Waals surface area (Å²) in [5, 5.41) is 4.28. The summed E-state index contributed by atoms with van der Waals surface area (Å²) in [7, 11) is 0. The molecule has 2 aliphatic rings. The minimum Gasteiger partial charge on any atom is -0.493 e. The Morgan fingerprint density at radius 1 is 1.08 bits per heavy atom. The number of nitrogens with one attached hydrogen (secondary N) is 2. The third kappa shape index (κ3) is 6.21. The van der Waals surface area contributed by atoms with Crippen LogP contribution in [-0.4, -0.2) is 24.4 Å². The summed E-state index contributed by atoms with van der Waals surface area (Å²) in [6, 6.07) is 9.16. The summed E-state index contributed by atoms with van der Waals surface area (Å²) < 4.78 is 9.50. The molecular formula is C20H32N2OS. The minimum atomic E-state index is 0.666. The Hall–Kier alpha value is -0.870. The van der Waals surface area contributed by atoms with Gasteiger partial charge >= 0.3 is 0 Å².